The lowest BCUT2D eigenvalue weighted by molar-refractivity contribution is -0.138. The van der Waals surface area contributed by atoms with E-state index < -0.39 is 42.9 Å². The molecule has 0 saturated heterocycles. The third kappa shape index (κ3) is 10.3. The molecule has 2 aromatic carbocycles. The van der Waals surface area contributed by atoms with Crippen LogP contribution in [-0.4, -0.2) is 41.2 Å². The molecule has 2 aliphatic carbocycles. The van der Waals surface area contributed by atoms with Crippen LogP contribution in [0.4, 0.5) is 23.7 Å². The van der Waals surface area contributed by atoms with Crippen molar-refractivity contribution in [1.82, 2.24) is 0 Å². The van der Waals surface area contributed by atoms with Crippen LogP contribution in [-0.2, 0) is 24.3 Å². The van der Waals surface area contributed by atoms with Crippen LogP contribution in [0.3, 0.4) is 0 Å². The van der Waals surface area contributed by atoms with Crippen LogP contribution in [0.2, 0.25) is 0 Å². The van der Waals surface area contributed by atoms with Gasteiger partial charge in [-0.05, 0) is 115 Å². The Balaban J connectivity index is 1.54. The maximum Gasteiger partial charge on any atom is 0.475 e. The van der Waals surface area contributed by atoms with Crippen LogP contribution in [0, 0.1) is 11.8 Å². The molecule has 2 fully saturated rings. The summed E-state index contributed by atoms with van der Waals surface area (Å²) in [5.41, 5.74) is -2.51. The molecule has 12 heteroatoms. The smallest absolute Gasteiger partial charge is 0.475 e. The van der Waals surface area contributed by atoms with Crippen LogP contribution >= 0.6 is 7.82 Å². The van der Waals surface area contributed by atoms with Crippen molar-refractivity contribution in [3.05, 3.63) is 35.9 Å². The Morgan fingerprint density at radius 3 is 2.00 bits per heavy atom. The topological polar surface area (TPSA) is 94.5 Å². The molecular weight excluding hydrogens is 634 g/mol. The predicted molar refractivity (Wildman–Crippen MR) is 177 cm³/mol. The minimum Gasteiger partial charge on any atom is -0.490 e. The fraction of sp³-hybridized carbons (Fsp3) is 0.686. The molecule has 4 rings (SSSR count). The van der Waals surface area contributed by atoms with Crippen molar-refractivity contribution in [2.24, 2.45) is 11.8 Å². The number of anilines is 1. The summed E-state index contributed by atoms with van der Waals surface area (Å²) in [7, 11) is -4.13. The highest BCUT2D eigenvalue weighted by Crippen LogP contribution is 2.55. The Labute approximate surface area is 276 Å². The Hall–Kier alpha value is -2.33. The number of amides is 1. The van der Waals surface area contributed by atoms with Crippen molar-refractivity contribution < 1.29 is 45.9 Å². The number of nitrogens with zero attached hydrogens (tertiary/aromatic N) is 1. The molecule has 2 saturated carbocycles. The van der Waals surface area contributed by atoms with E-state index in [0.29, 0.717) is 5.92 Å². The molecule has 0 spiro atoms. The number of benzene rings is 2. The molecule has 0 radical (unpaired) electrons. The van der Waals surface area contributed by atoms with Crippen LogP contribution in [0.25, 0.3) is 10.8 Å². The quantitative estimate of drug-likeness (QED) is 0.249. The number of hydrogen-bond donors (Lipinski definition) is 1. The van der Waals surface area contributed by atoms with Crippen molar-refractivity contribution >= 4 is 30.4 Å². The Bertz CT molecular complexity index is 1400. The molecule has 2 aliphatic rings. The molecule has 0 aromatic heterocycles. The number of phosphoric ester groups is 1. The molecule has 0 aliphatic heterocycles. The van der Waals surface area contributed by atoms with Crippen molar-refractivity contribution in [2.75, 3.05) is 11.5 Å². The Morgan fingerprint density at radius 2 is 1.47 bits per heavy atom. The minimum absolute atomic E-state index is 0.0782. The van der Waals surface area contributed by atoms with E-state index in [9.17, 15) is 27.6 Å². The van der Waals surface area contributed by atoms with Crippen LogP contribution in [0.15, 0.2) is 30.3 Å². The second-order valence-corrected chi connectivity index (χ2v) is 16.6. The van der Waals surface area contributed by atoms with E-state index in [1.165, 1.54) is 69.4 Å². The summed E-state index contributed by atoms with van der Waals surface area (Å²) >= 11 is 0. The second kappa shape index (κ2) is 14.7. The number of carbonyl (C=O) groups is 1. The summed E-state index contributed by atoms with van der Waals surface area (Å²) in [6.45, 7) is 11.3. The average molecular weight is 686 g/mol. The summed E-state index contributed by atoms with van der Waals surface area (Å²) in [4.78, 5) is 13.4. The molecule has 0 heterocycles. The lowest BCUT2D eigenvalue weighted by Gasteiger charge is -2.36. The van der Waals surface area contributed by atoms with E-state index in [2.05, 4.69) is 0 Å². The number of alkyl halides is 3. The predicted octanol–water partition coefficient (Wildman–Crippen LogP) is 11.0. The molecule has 8 nitrogen and oxygen atoms in total. The number of ether oxygens (including phenoxy) is 1. The van der Waals surface area contributed by atoms with Gasteiger partial charge >= 0.3 is 20.1 Å². The highest BCUT2D eigenvalue weighted by molar-refractivity contribution is 7.48. The highest BCUT2D eigenvalue weighted by Gasteiger charge is 2.40. The number of rotatable bonds is 10. The third-order valence-corrected chi connectivity index (χ3v) is 10.8. The van der Waals surface area contributed by atoms with E-state index in [0.717, 1.165) is 36.5 Å². The lowest BCUT2D eigenvalue weighted by Crippen LogP contribution is -2.40. The fourth-order valence-electron chi connectivity index (χ4n) is 6.87. The van der Waals surface area contributed by atoms with Crippen LogP contribution < -0.4 is 9.64 Å². The van der Waals surface area contributed by atoms with Gasteiger partial charge in [-0.1, -0.05) is 44.2 Å². The van der Waals surface area contributed by atoms with Gasteiger partial charge in [-0.2, -0.15) is 13.2 Å². The standard InChI is InChI=1S/C35H51F3NO7P/c1-23(22-43-47(42,45-33(2,3)4)46-34(5,6)7)39(32(40)41)27-16-19-29-26(21-27)15-20-30(31(29)35(36,37)38)44-28-17-13-25(14-18-28)24-11-9-8-10-12-24/h15-16,19-21,23-25,28H,8-14,17-18,22H2,1-7H3,(H,40,41). The summed E-state index contributed by atoms with van der Waals surface area (Å²) in [6.07, 6.45) is 3.43. The van der Waals surface area contributed by atoms with Gasteiger partial charge in [0.2, 0.25) is 0 Å². The number of halogens is 3. The molecule has 1 atom stereocenters. The molecule has 47 heavy (non-hydrogen) atoms. The molecule has 1 N–H and O–H groups in total. The van der Waals surface area contributed by atoms with E-state index >= 15 is 0 Å². The number of fused-ring (bicyclic) bond motifs is 1. The largest absolute Gasteiger partial charge is 0.490 e. The SMILES string of the molecule is CC(COP(=O)(OC(C)(C)C)OC(C)(C)C)N(C(=O)O)c1ccc2c(C(F)(F)F)c(OC3CCC(C4CCCCC4)CC3)ccc2c1. The van der Waals surface area contributed by atoms with Gasteiger partial charge in [0.15, 0.2) is 0 Å². The van der Waals surface area contributed by atoms with Gasteiger partial charge in [0.1, 0.15) is 11.3 Å². The normalized spacial score (nSPS) is 21.1. The van der Waals surface area contributed by atoms with Gasteiger partial charge in [-0.25, -0.2) is 9.36 Å². The molecule has 264 valence electrons. The van der Waals surface area contributed by atoms with Crippen LogP contribution in [0.5, 0.6) is 5.75 Å². The van der Waals surface area contributed by atoms with Gasteiger partial charge in [0.25, 0.3) is 0 Å². The number of carboxylic acid groups (broad SMARTS) is 1. The van der Waals surface area contributed by atoms with Crippen molar-refractivity contribution in [2.45, 2.75) is 136 Å². The maximum absolute atomic E-state index is 14.5. The fourth-order valence-corrected chi connectivity index (χ4v) is 8.75. The number of hydrogen-bond acceptors (Lipinski definition) is 6. The molecule has 2 aromatic rings. The number of phosphoric acid groups is 1. The van der Waals surface area contributed by atoms with E-state index in [1.54, 1.807) is 41.5 Å². The van der Waals surface area contributed by atoms with Gasteiger partial charge < -0.3 is 9.84 Å². The van der Waals surface area contributed by atoms with Crippen molar-refractivity contribution in [3.8, 4) is 5.75 Å². The van der Waals surface area contributed by atoms with Crippen LogP contribution in [0.1, 0.15) is 112 Å². The molecule has 1 amide bonds. The van der Waals surface area contributed by atoms with Gasteiger partial charge in [-0.15, -0.1) is 0 Å². The van der Waals surface area contributed by atoms with E-state index in [4.69, 9.17) is 18.3 Å². The first-order valence-electron chi connectivity index (χ1n) is 16.7. The van der Waals surface area contributed by atoms with E-state index in [1.807, 2.05) is 0 Å². The van der Waals surface area contributed by atoms with Crippen molar-refractivity contribution in [3.63, 3.8) is 0 Å². The zero-order valence-electron chi connectivity index (χ0n) is 28.7. The molecule has 1 unspecified atom stereocenters. The monoisotopic (exact) mass is 685 g/mol. The van der Waals surface area contributed by atoms with Gasteiger partial charge in [0, 0.05) is 5.69 Å². The maximum atomic E-state index is 14.5. The zero-order valence-corrected chi connectivity index (χ0v) is 29.6. The third-order valence-electron chi connectivity index (χ3n) is 8.75. The first-order valence-corrected chi connectivity index (χ1v) is 18.2. The summed E-state index contributed by atoms with van der Waals surface area (Å²) in [6, 6.07) is 5.97. The molecular formula is C35H51F3NO7P. The Morgan fingerprint density at radius 1 is 0.894 bits per heavy atom. The summed E-state index contributed by atoms with van der Waals surface area (Å²) in [5, 5.41) is 10.3. The zero-order chi connectivity index (χ0) is 34.8. The first-order chi connectivity index (χ1) is 21.7. The second-order valence-electron chi connectivity index (χ2n) is 15.0. The van der Waals surface area contributed by atoms with Gasteiger partial charge in [0.05, 0.1) is 30.0 Å². The molecule has 0 bridgehead atoms. The lowest BCUT2D eigenvalue weighted by atomic mass is 9.73. The first kappa shape index (κ1) is 37.5. The summed E-state index contributed by atoms with van der Waals surface area (Å²) in [5.74, 6) is 1.15. The van der Waals surface area contributed by atoms with Crippen molar-refractivity contribution in [1.29, 1.82) is 0 Å². The Kier molecular flexibility index (Phi) is 11.7. The van der Waals surface area contributed by atoms with Gasteiger partial charge in [-0.3, -0.25) is 18.5 Å². The minimum atomic E-state index is -4.69. The average Bonchev–Trinajstić information content (AvgIpc) is 2.94. The summed E-state index contributed by atoms with van der Waals surface area (Å²) < 4.78 is 80.1. The highest BCUT2D eigenvalue weighted by atomic mass is 31.2. The van der Waals surface area contributed by atoms with E-state index in [-0.39, 0.29) is 34.9 Å².